The number of carbonyl (C=O) groups excluding carboxylic acids is 3. The van der Waals surface area contributed by atoms with E-state index in [1.165, 1.54) is 0 Å². The molecular weight excluding hydrogens is 705 g/mol. The van der Waals surface area contributed by atoms with Crippen molar-refractivity contribution in [1.82, 2.24) is 0 Å². The van der Waals surface area contributed by atoms with Crippen LogP contribution in [0.1, 0.15) is 97.1 Å². The summed E-state index contributed by atoms with van der Waals surface area (Å²) in [4.78, 5) is 42.8. The van der Waals surface area contributed by atoms with Crippen LogP contribution in [0.3, 0.4) is 0 Å². The lowest BCUT2D eigenvalue weighted by atomic mass is 9.57. The van der Waals surface area contributed by atoms with Crippen LogP contribution in [0, 0.1) is 21.7 Å². The van der Waals surface area contributed by atoms with Gasteiger partial charge in [-0.3, -0.25) is 14.4 Å². The second kappa shape index (κ2) is 16.5. The number of hydrogen-bond acceptors (Lipinski definition) is 9. The quantitative estimate of drug-likeness (QED) is 0.0680. The Hall–Kier alpha value is -4.51. The summed E-state index contributed by atoms with van der Waals surface area (Å²) in [6.07, 6.45) is 3.13. The fourth-order valence-electron chi connectivity index (χ4n) is 8.70. The normalized spacial score (nSPS) is 23.5. The van der Waals surface area contributed by atoms with Crippen LogP contribution >= 0.6 is 0 Å². The van der Waals surface area contributed by atoms with E-state index in [4.69, 9.17) is 29.3 Å². The van der Waals surface area contributed by atoms with E-state index < -0.39 is 51.3 Å². The van der Waals surface area contributed by atoms with Gasteiger partial charge in [-0.2, -0.15) is 0 Å². The molecule has 4 aromatic carbocycles. The van der Waals surface area contributed by atoms with Crippen LogP contribution in [-0.2, 0) is 39.8 Å². The van der Waals surface area contributed by atoms with Crippen molar-refractivity contribution in [3.8, 4) is 5.75 Å². The molecule has 0 radical (unpaired) electrons. The molecule has 1 heterocycles. The smallest absolute Gasteiger partial charge is 0.510 e. The fourth-order valence-corrected chi connectivity index (χ4v) is 8.70. The predicted octanol–water partition coefficient (Wildman–Crippen LogP) is 8.57. The van der Waals surface area contributed by atoms with Crippen LogP contribution in [0.4, 0.5) is 0 Å². The van der Waals surface area contributed by atoms with Crippen LogP contribution in [0.15, 0.2) is 103 Å². The van der Waals surface area contributed by atoms with Crippen LogP contribution in [0.2, 0.25) is 0 Å². The lowest BCUT2D eigenvalue weighted by molar-refractivity contribution is -0.157. The molecule has 6 atom stereocenters. The number of ether oxygens (including phenoxy) is 3. The molecule has 2 aliphatic rings. The molecule has 0 amide bonds. The summed E-state index contributed by atoms with van der Waals surface area (Å²) >= 11 is 0. The predicted molar refractivity (Wildman–Crippen MR) is 217 cm³/mol. The molecule has 1 saturated carbocycles. The number of fused-ring (bicyclic) bond motifs is 1. The molecule has 4 aromatic rings. The highest BCUT2D eigenvalue weighted by Gasteiger charge is 2.73. The van der Waals surface area contributed by atoms with Gasteiger partial charge >= 0.3 is 19.6 Å². The van der Waals surface area contributed by atoms with Crippen LogP contribution in [0.25, 0.3) is 10.8 Å². The van der Waals surface area contributed by atoms with E-state index in [1.807, 2.05) is 118 Å². The molecule has 56 heavy (non-hydrogen) atoms. The Morgan fingerprint density at radius 1 is 0.875 bits per heavy atom. The van der Waals surface area contributed by atoms with Gasteiger partial charge in [-0.25, -0.2) is 0 Å². The monoisotopic (exact) mass is 761 g/mol. The largest absolute Gasteiger partial charge is 0.512 e. The van der Waals surface area contributed by atoms with Crippen molar-refractivity contribution in [2.45, 2.75) is 104 Å². The first kappa shape index (κ1) is 41.1. The van der Waals surface area contributed by atoms with E-state index in [9.17, 15) is 14.4 Å². The standard InChI is InChI=1S/C46H56BNO8/c1-42(2,45(5)31-43(45,3)40(50)53-29-32-18-9-7-10-19-32)30-44(4,41(51)54-37-25-17-23-33-22-13-14-24-35(33)37)46(6,48)28-36(34-20-11-8-12-21-34)39(49)56-47-55-38-26-15-16-27-52-38/h7-14,17-25,36,38,47H,15-16,26-31,48H2,1-6H3. The summed E-state index contributed by atoms with van der Waals surface area (Å²) in [7, 11) is -0.265. The Balaban J connectivity index is 1.30. The average Bonchev–Trinajstić information content (AvgIpc) is 3.80. The topological polar surface area (TPSA) is 123 Å². The third-order valence-electron chi connectivity index (χ3n) is 13.1. The molecule has 2 N–H and O–H groups in total. The highest BCUT2D eigenvalue weighted by atomic mass is 16.7. The van der Waals surface area contributed by atoms with E-state index in [-0.39, 0.29) is 33.1 Å². The molecular formula is C46H56BNO8. The van der Waals surface area contributed by atoms with Crippen molar-refractivity contribution < 1.29 is 37.9 Å². The Morgan fingerprint density at radius 2 is 1.54 bits per heavy atom. The van der Waals surface area contributed by atoms with E-state index in [2.05, 4.69) is 20.8 Å². The third-order valence-corrected chi connectivity index (χ3v) is 13.1. The maximum absolute atomic E-state index is 15.0. The van der Waals surface area contributed by atoms with Crippen molar-refractivity contribution in [1.29, 1.82) is 0 Å². The Bertz CT molecular complexity index is 1990. The molecule has 1 saturated heterocycles. The van der Waals surface area contributed by atoms with Crippen LogP contribution in [0.5, 0.6) is 5.75 Å². The molecule has 296 valence electrons. The maximum Gasteiger partial charge on any atom is 0.510 e. The second-order valence-corrected chi connectivity index (χ2v) is 17.3. The molecule has 6 unspecified atom stereocenters. The van der Waals surface area contributed by atoms with Gasteiger partial charge in [0, 0.05) is 17.5 Å². The summed E-state index contributed by atoms with van der Waals surface area (Å²) < 4.78 is 29.4. The van der Waals surface area contributed by atoms with Crippen molar-refractivity contribution in [3.05, 3.63) is 114 Å². The Morgan fingerprint density at radius 3 is 2.23 bits per heavy atom. The minimum Gasteiger partial charge on any atom is -0.512 e. The van der Waals surface area contributed by atoms with Crippen molar-refractivity contribution >= 4 is 36.4 Å². The molecule has 1 aliphatic carbocycles. The molecule has 0 aromatic heterocycles. The van der Waals surface area contributed by atoms with Crippen LogP contribution < -0.4 is 10.5 Å². The second-order valence-electron chi connectivity index (χ2n) is 17.3. The highest BCUT2D eigenvalue weighted by molar-refractivity contribution is 6.22. The van der Waals surface area contributed by atoms with Gasteiger partial charge < -0.3 is 29.3 Å². The number of nitrogens with two attached hydrogens (primary N) is 1. The van der Waals surface area contributed by atoms with E-state index in [1.54, 1.807) is 6.07 Å². The number of esters is 2. The first-order chi connectivity index (χ1) is 26.6. The SMILES string of the molecule is CC(C)(CC(C)(C(=O)Oc1cccc2ccccc12)C(C)(N)CC(C(=O)OBOC1CCCCO1)c1ccccc1)C1(C)CC1(C)C(=O)OCc1ccccc1. The van der Waals surface area contributed by atoms with Gasteiger partial charge in [0.05, 0.1) is 16.7 Å². The lowest BCUT2D eigenvalue weighted by Gasteiger charge is -2.49. The summed E-state index contributed by atoms with van der Waals surface area (Å²) in [5.41, 5.74) is 4.35. The van der Waals surface area contributed by atoms with Gasteiger partial charge in [-0.05, 0) is 92.7 Å². The van der Waals surface area contributed by atoms with Gasteiger partial charge in [0.1, 0.15) is 18.6 Å². The van der Waals surface area contributed by atoms with Gasteiger partial charge in [-0.15, -0.1) is 0 Å². The van der Waals surface area contributed by atoms with Gasteiger partial charge in [0.15, 0.2) is 0 Å². The van der Waals surface area contributed by atoms with E-state index in [0.717, 1.165) is 35.6 Å². The first-order valence-corrected chi connectivity index (χ1v) is 19.8. The first-order valence-electron chi connectivity index (χ1n) is 19.8. The Kier molecular flexibility index (Phi) is 12.1. The third kappa shape index (κ3) is 8.43. The van der Waals surface area contributed by atoms with Gasteiger partial charge in [-0.1, -0.05) is 118 Å². The summed E-state index contributed by atoms with van der Waals surface area (Å²) in [5, 5.41) is 1.72. The maximum atomic E-state index is 15.0. The van der Waals surface area contributed by atoms with Crippen molar-refractivity contribution in [2.75, 3.05) is 6.61 Å². The minimum absolute atomic E-state index is 0.0556. The van der Waals surface area contributed by atoms with Gasteiger partial charge in [0.25, 0.3) is 5.97 Å². The molecule has 9 nitrogen and oxygen atoms in total. The zero-order chi connectivity index (χ0) is 40.2. The van der Waals surface area contributed by atoms with Crippen molar-refractivity contribution in [2.24, 2.45) is 27.4 Å². The summed E-state index contributed by atoms with van der Waals surface area (Å²) in [6, 6.07) is 32.3. The number of benzene rings is 4. The molecule has 0 bridgehead atoms. The highest BCUT2D eigenvalue weighted by Crippen LogP contribution is 2.74. The molecule has 2 fully saturated rings. The fraction of sp³-hybridized carbons (Fsp3) is 0.457. The zero-order valence-electron chi connectivity index (χ0n) is 33.7. The summed E-state index contributed by atoms with van der Waals surface area (Å²) in [6.45, 7) is 12.6. The van der Waals surface area contributed by atoms with E-state index in [0.29, 0.717) is 24.3 Å². The van der Waals surface area contributed by atoms with Crippen LogP contribution in [-0.4, -0.2) is 44.0 Å². The molecule has 0 spiro atoms. The number of rotatable bonds is 16. The van der Waals surface area contributed by atoms with E-state index >= 15 is 0 Å². The van der Waals surface area contributed by atoms with Gasteiger partial charge in [0.2, 0.25) is 0 Å². The molecule has 1 aliphatic heterocycles. The van der Waals surface area contributed by atoms with Crippen molar-refractivity contribution in [3.63, 3.8) is 0 Å². The minimum atomic E-state index is -1.38. The molecule has 10 heteroatoms. The molecule has 6 rings (SSSR count). The number of hydrogen-bond donors (Lipinski definition) is 1. The average molecular weight is 762 g/mol. The zero-order valence-corrected chi connectivity index (χ0v) is 33.7. The summed E-state index contributed by atoms with van der Waals surface area (Å²) in [5.74, 6) is -1.73. The number of carbonyl (C=O) groups is 3. The lowest BCUT2D eigenvalue weighted by Crippen LogP contribution is -2.60. The Labute approximate surface area is 331 Å².